The minimum atomic E-state index is 0.255. The van der Waals surface area contributed by atoms with Gasteiger partial charge in [0.2, 0.25) is 0 Å². The Morgan fingerprint density at radius 3 is 2.67 bits per heavy atom. The van der Waals surface area contributed by atoms with Crippen LogP contribution in [0.25, 0.3) is 0 Å². The zero-order valence-electron chi connectivity index (χ0n) is 7.90. The Balaban J connectivity index is 2.48. The van der Waals surface area contributed by atoms with Crippen LogP contribution in [-0.2, 0) is 11.3 Å². The van der Waals surface area contributed by atoms with E-state index in [1.165, 1.54) is 0 Å². The van der Waals surface area contributed by atoms with Crippen molar-refractivity contribution in [2.45, 2.75) is 26.5 Å². The molecule has 0 saturated carbocycles. The SMILES string of the molecule is COC(Cn1cccn1)C(C)C. The number of hydrogen-bond acceptors (Lipinski definition) is 2. The molecular formula is C9H16N2O. The van der Waals surface area contributed by atoms with E-state index in [0.717, 1.165) is 6.54 Å². The Kier molecular flexibility index (Phi) is 3.29. The van der Waals surface area contributed by atoms with Gasteiger partial charge in [-0.3, -0.25) is 4.68 Å². The zero-order chi connectivity index (χ0) is 8.97. The first kappa shape index (κ1) is 9.26. The van der Waals surface area contributed by atoms with E-state index in [1.807, 2.05) is 16.9 Å². The molecule has 0 bridgehead atoms. The van der Waals surface area contributed by atoms with Gasteiger partial charge in [-0.25, -0.2) is 0 Å². The molecule has 3 nitrogen and oxygen atoms in total. The van der Waals surface area contributed by atoms with Crippen LogP contribution < -0.4 is 0 Å². The minimum Gasteiger partial charge on any atom is -0.379 e. The normalized spacial score (nSPS) is 13.7. The molecule has 0 amide bonds. The molecule has 12 heavy (non-hydrogen) atoms. The highest BCUT2D eigenvalue weighted by atomic mass is 16.5. The molecule has 3 heteroatoms. The Bertz CT molecular complexity index is 206. The highest BCUT2D eigenvalue weighted by Crippen LogP contribution is 2.07. The lowest BCUT2D eigenvalue weighted by Crippen LogP contribution is -2.24. The molecule has 0 N–H and O–H groups in total. The third-order valence-electron chi connectivity index (χ3n) is 1.97. The molecule has 0 aliphatic heterocycles. The van der Waals surface area contributed by atoms with Crippen molar-refractivity contribution in [3.63, 3.8) is 0 Å². The van der Waals surface area contributed by atoms with Crippen LogP contribution in [0.15, 0.2) is 18.5 Å². The van der Waals surface area contributed by atoms with Crippen LogP contribution in [0.4, 0.5) is 0 Å². The molecule has 0 radical (unpaired) electrons. The molecule has 0 aromatic carbocycles. The predicted molar refractivity (Wildman–Crippen MR) is 47.9 cm³/mol. The topological polar surface area (TPSA) is 27.1 Å². The van der Waals surface area contributed by atoms with E-state index in [0.29, 0.717) is 5.92 Å². The van der Waals surface area contributed by atoms with Crippen molar-refractivity contribution in [3.8, 4) is 0 Å². The summed E-state index contributed by atoms with van der Waals surface area (Å²) < 4.78 is 7.22. The summed E-state index contributed by atoms with van der Waals surface area (Å²) in [6, 6.07) is 1.92. The van der Waals surface area contributed by atoms with Gasteiger partial charge in [-0.05, 0) is 12.0 Å². The molecule has 1 unspecified atom stereocenters. The number of nitrogens with zero attached hydrogens (tertiary/aromatic N) is 2. The fraction of sp³-hybridized carbons (Fsp3) is 0.667. The molecule has 0 aliphatic carbocycles. The highest BCUT2D eigenvalue weighted by Gasteiger charge is 2.12. The van der Waals surface area contributed by atoms with E-state index < -0.39 is 0 Å². The van der Waals surface area contributed by atoms with E-state index in [-0.39, 0.29) is 6.10 Å². The maximum Gasteiger partial charge on any atom is 0.0789 e. The molecule has 1 aromatic rings. The quantitative estimate of drug-likeness (QED) is 0.682. The summed E-state index contributed by atoms with van der Waals surface area (Å²) >= 11 is 0. The van der Waals surface area contributed by atoms with Crippen LogP contribution in [0.3, 0.4) is 0 Å². The van der Waals surface area contributed by atoms with E-state index in [2.05, 4.69) is 18.9 Å². The monoisotopic (exact) mass is 168 g/mol. The third kappa shape index (κ3) is 2.34. The van der Waals surface area contributed by atoms with Crippen molar-refractivity contribution in [2.24, 2.45) is 5.92 Å². The van der Waals surface area contributed by atoms with Crippen LogP contribution >= 0.6 is 0 Å². The first-order valence-corrected chi connectivity index (χ1v) is 4.24. The van der Waals surface area contributed by atoms with Crippen LogP contribution in [0, 0.1) is 5.92 Å². The van der Waals surface area contributed by atoms with Crippen LogP contribution in [0.1, 0.15) is 13.8 Å². The van der Waals surface area contributed by atoms with Gasteiger partial charge in [0.05, 0.1) is 12.6 Å². The summed E-state index contributed by atoms with van der Waals surface area (Å²) in [5.41, 5.74) is 0. The average Bonchev–Trinajstić information content (AvgIpc) is 2.51. The summed E-state index contributed by atoms with van der Waals surface area (Å²) in [7, 11) is 1.74. The molecule has 1 aromatic heterocycles. The average molecular weight is 168 g/mol. The second kappa shape index (κ2) is 4.26. The number of methoxy groups -OCH3 is 1. The number of rotatable bonds is 4. The van der Waals surface area contributed by atoms with Crippen molar-refractivity contribution in [2.75, 3.05) is 7.11 Å². The Labute approximate surface area is 73.3 Å². The van der Waals surface area contributed by atoms with Gasteiger partial charge in [0.25, 0.3) is 0 Å². The molecule has 0 spiro atoms. The molecule has 1 rings (SSSR count). The lowest BCUT2D eigenvalue weighted by molar-refractivity contribution is 0.0483. The maximum absolute atomic E-state index is 5.32. The molecule has 68 valence electrons. The van der Waals surface area contributed by atoms with E-state index in [1.54, 1.807) is 13.3 Å². The van der Waals surface area contributed by atoms with E-state index >= 15 is 0 Å². The fourth-order valence-corrected chi connectivity index (χ4v) is 1.15. The maximum atomic E-state index is 5.32. The standard InChI is InChI=1S/C9H16N2O/c1-8(2)9(12-3)7-11-6-4-5-10-11/h4-6,8-9H,7H2,1-3H3. The summed E-state index contributed by atoms with van der Waals surface area (Å²) in [5.74, 6) is 0.527. The molecule has 0 saturated heterocycles. The molecule has 0 fully saturated rings. The fourth-order valence-electron chi connectivity index (χ4n) is 1.15. The first-order valence-electron chi connectivity index (χ1n) is 4.24. The van der Waals surface area contributed by atoms with Crippen molar-refractivity contribution in [3.05, 3.63) is 18.5 Å². The molecular weight excluding hydrogens is 152 g/mol. The lowest BCUT2D eigenvalue weighted by Gasteiger charge is -2.18. The Morgan fingerprint density at radius 1 is 1.50 bits per heavy atom. The van der Waals surface area contributed by atoms with Crippen molar-refractivity contribution in [1.29, 1.82) is 0 Å². The summed E-state index contributed by atoms with van der Waals surface area (Å²) in [5, 5.41) is 4.12. The van der Waals surface area contributed by atoms with Crippen molar-refractivity contribution >= 4 is 0 Å². The Morgan fingerprint density at radius 2 is 2.25 bits per heavy atom. The van der Waals surface area contributed by atoms with Crippen molar-refractivity contribution < 1.29 is 4.74 Å². The number of hydrogen-bond donors (Lipinski definition) is 0. The molecule has 1 atom stereocenters. The molecule has 1 heterocycles. The van der Waals surface area contributed by atoms with Crippen LogP contribution in [-0.4, -0.2) is 23.0 Å². The highest BCUT2D eigenvalue weighted by molar-refractivity contribution is 4.79. The second-order valence-corrected chi connectivity index (χ2v) is 3.25. The largest absolute Gasteiger partial charge is 0.379 e. The first-order chi connectivity index (χ1) is 5.74. The second-order valence-electron chi connectivity index (χ2n) is 3.25. The van der Waals surface area contributed by atoms with Gasteiger partial charge in [-0.2, -0.15) is 5.10 Å². The zero-order valence-corrected chi connectivity index (χ0v) is 7.90. The van der Waals surface area contributed by atoms with Gasteiger partial charge in [0.15, 0.2) is 0 Å². The summed E-state index contributed by atoms with van der Waals surface area (Å²) in [4.78, 5) is 0. The summed E-state index contributed by atoms with van der Waals surface area (Å²) in [6.45, 7) is 5.14. The van der Waals surface area contributed by atoms with Gasteiger partial charge < -0.3 is 4.74 Å². The summed E-state index contributed by atoms with van der Waals surface area (Å²) in [6.07, 6.45) is 3.99. The van der Waals surface area contributed by atoms with Gasteiger partial charge in [-0.1, -0.05) is 13.8 Å². The van der Waals surface area contributed by atoms with E-state index in [9.17, 15) is 0 Å². The van der Waals surface area contributed by atoms with Gasteiger partial charge in [0, 0.05) is 19.5 Å². The lowest BCUT2D eigenvalue weighted by atomic mass is 10.1. The van der Waals surface area contributed by atoms with Crippen LogP contribution in [0.2, 0.25) is 0 Å². The van der Waals surface area contributed by atoms with Gasteiger partial charge in [0.1, 0.15) is 0 Å². The minimum absolute atomic E-state index is 0.255. The Hall–Kier alpha value is -0.830. The van der Waals surface area contributed by atoms with Gasteiger partial charge >= 0.3 is 0 Å². The number of aromatic nitrogens is 2. The van der Waals surface area contributed by atoms with E-state index in [4.69, 9.17) is 4.74 Å². The number of ether oxygens (including phenoxy) is 1. The third-order valence-corrected chi connectivity index (χ3v) is 1.97. The molecule has 0 aliphatic rings. The van der Waals surface area contributed by atoms with Crippen LogP contribution in [0.5, 0.6) is 0 Å². The van der Waals surface area contributed by atoms with Gasteiger partial charge in [-0.15, -0.1) is 0 Å². The smallest absolute Gasteiger partial charge is 0.0789 e. The predicted octanol–water partition coefficient (Wildman–Crippen LogP) is 1.55. The van der Waals surface area contributed by atoms with Crippen molar-refractivity contribution in [1.82, 2.24) is 9.78 Å².